The van der Waals surface area contributed by atoms with E-state index in [0.717, 1.165) is 35.2 Å². The van der Waals surface area contributed by atoms with E-state index in [-0.39, 0.29) is 11.8 Å². The maximum absolute atomic E-state index is 13.3. The summed E-state index contributed by atoms with van der Waals surface area (Å²) < 4.78 is 0. The lowest BCUT2D eigenvalue weighted by atomic mass is 9.80. The van der Waals surface area contributed by atoms with Gasteiger partial charge >= 0.3 is 0 Å². The number of aromatic nitrogens is 2. The van der Waals surface area contributed by atoms with Gasteiger partial charge in [-0.15, -0.1) is 0 Å². The first-order valence-electron chi connectivity index (χ1n) is 13.0. The van der Waals surface area contributed by atoms with Crippen molar-refractivity contribution in [2.75, 3.05) is 11.9 Å². The van der Waals surface area contributed by atoms with Gasteiger partial charge in [0.2, 0.25) is 11.8 Å². The predicted molar refractivity (Wildman–Crippen MR) is 138 cm³/mol. The van der Waals surface area contributed by atoms with Crippen LogP contribution in [0.2, 0.25) is 0 Å². The normalized spacial score (nSPS) is 22.2. The van der Waals surface area contributed by atoms with E-state index in [0.29, 0.717) is 31.2 Å². The van der Waals surface area contributed by atoms with Gasteiger partial charge in [0.1, 0.15) is 5.82 Å². The highest BCUT2D eigenvalue weighted by atomic mass is 16.2. The molecule has 2 aromatic heterocycles. The molecule has 2 aromatic rings. The van der Waals surface area contributed by atoms with E-state index in [1.54, 1.807) is 6.20 Å². The molecule has 1 atom stereocenters. The second kappa shape index (κ2) is 9.21. The Bertz CT molecular complexity index is 1160. The number of anilines is 1. The highest BCUT2D eigenvalue weighted by molar-refractivity contribution is 6.06. The Labute approximate surface area is 208 Å². The molecular weight excluding hydrogens is 436 g/mol. The van der Waals surface area contributed by atoms with Gasteiger partial charge in [-0.3, -0.25) is 14.6 Å². The molecule has 6 nitrogen and oxygen atoms in total. The molecule has 1 saturated carbocycles. The number of hydrogen-bond acceptors (Lipinski definition) is 4. The minimum Gasteiger partial charge on any atom is -0.336 e. The van der Waals surface area contributed by atoms with Crippen LogP contribution in [0.15, 0.2) is 36.7 Å². The molecule has 5 rings (SSSR count). The second-order valence-electron chi connectivity index (χ2n) is 11.4. The van der Waals surface area contributed by atoms with Crippen LogP contribution in [0.5, 0.6) is 0 Å². The van der Waals surface area contributed by atoms with Crippen molar-refractivity contribution in [2.45, 2.75) is 83.6 Å². The standard InChI is InChI=1S/C29H36N4O2/c1-28(2,3)27(35)33(22-11-6-4-5-7-12-22)15-9-10-20-16-21-17-29(18-24(21)31-19-20)23-13-8-14-30-25(23)32-26(29)34/h8-10,13-14,16,19,22H,4-7,11-12,15,17-18H2,1-3H3,(H,30,32,34)/b10-9+/t29-/m0/s1. The van der Waals surface area contributed by atoms with E-state index in [9.17, 15) is 9.59 Å². The number of nitrogens with one attached hydrogen (secondary N) is 1. The lowest BCUT2D eigenvalue weighted by Gasteiger charge is -2.35. The number of fused-ring (bicyclic) bond motifs is 3. The zero-order valence-corrected chi connectivity index (χ0v) is 21.1. The van der Waals surface area contributed by atoms with E-state index < -0.39 is 10.8 Å². The summed E-state index contributed by atoms with van der Waals surface area (Å²) in [7, 11) is 0. The second-order valence-corrected chi connectivity index (χ2v) is 11.4. The Balaban J connectivity index is 1.33. The van der Waals surface area contributed by atoms with Gasteiger partial charge in [0, 0.05) is 48.1 Å². The first-order valence-corrected chi connectivity index (χ1v) is 13.0. The van der Waals surface area contributed by atoms with Crippen molar-refractivity contribution in [1.29, 1.82) is 0 Å². The van der Waals surface area contributed by atoms with Crippen LogP contribution in [-0.4, -0.2) is 39.3 Å². The van der Waals surface area contributed by atoms with Crippen LogP contribution in [0.1, 0.15) is 81.7 Å². The van der Waals surface area contributed by atoms with E-state index in [1.807, 2.05) is 39.1 Å². The van der Waals surface area contributed by atoms with E-state index in [4.69, 9.17) is 4.98 Å². The number of pyridine rings is 2. The monoisotopic (exact) mass is 472 g/mol. The van der Waals surface area contributed by atoms with Crippen molar-refractivity contribution in [3.05, 3.63) is 59.1 Å². The number of nitrogens with zero attached hydrogens (tertiary/aromatic N) is 3. The van der Waals surface area contributed by atoms with Crippen LogP contribution in [-0.2, 0) is 27.8 Å². The molecule has 0 radical (unpaired) electrons. The maximum Gasteiger partial charge on any atom is 0.237 e. The molecule has 1 aliphatic heterocycles. The van der Waals surface area contributed by atoms with Gasteiger partial charge in [-0.1, -0.05) is 64.7 Å². The number of rotatable bonds is 4. The zero-order valence-electron chi connectivity index (χ0n) is 21.1. The van der Waals surface area contributed by atoms with Crippen LogP contribution in [0.25, 0.3) is 6.08 Å². The highest BCUT2D eigenvalue weighted by Crippen LogP contribution is 2.46. The predicted octanol–water partition coefficient (Wildman–Crippen LogP) is 5.08. The summed E-state index contributed by atoms with van der Waals surface area (Å²) in [4.78, 5) is 37.4. The van der Waals surface area contributed by atoms with Crippen LogP contribution in [0.3, 0.4) is 0 Å². The van der Waals surface area contributed by atoms with Crippen molar-refractivity contribution in [3.8, 4) is 0 Å². The van der Waals surface area contributed by atoms with Crippen LogP contribution < -0.4 is 5.32 Å². The van der Waals surface area contributed by atoms with Gasteiger partial charge in [0.25, 0.3) is 0 Å². The number of carbonyl (C=O) groups is 2. The van der Waals surface area contributed by atoms with E-state index in [2.05, 4.69) is 33.4 Å². The average Bonchev–Trinajstić information content (AvgIpc) is 3.19. The Hall–Kier alpha value is -3.02. The fraction of sp³-hybridized carbons (Fsp3) is 0.517. The summed E-state index contributed by atoms with van der Waals surface area (Å²) in [5, 5.41) is 2.96. The summed E-state index contributed by atoms with van der Waals surface area (Å²) >= 11 is 0. The van der Waals surface area contributed by atoms with Crippen LogP contribution >= 0.6 is 0 Å². The third-order valence-corrected chi connectivity index (χ3v) is 7.81. The van der Waals surface area contributed by atoms with Gasteiger partial charge in [-0.05, 0) is 42.5 Å². The molecule has 35 heavy (non-hydrogen) atoms. The van der Waals surface area contributed by atoms with Gasteiger partial charge in [-0.2, -0.15) is 0 Å². The minimum absolute atomic E-state index is 0.0148. The first kappa shape index (κ1) is 23.7. The number of amides is 2. The molecule has 1 spiro atoms. The first-order chi connectivity index (χ1) is 16.8. The van der Waals surface area contributed by atoms with Crippen molar-refractivity contribution >= 4 is 23.7 Å². The topological polar surface area (TPSA) is 75.2 Å². The summed E-state index contributed by atoms with van der Waals surface area (Å²) in [5.74, 6) is 0.913. The smallest absolute Gasteiger partial charge is 0.237 e. The maximum atomic E-state index is 13.3. The number of carbonyl (C=O) groups excluding carboxylic acids is 2. The van der Waals surface area contributed by atoms with Crippen LogP contribution in [0, 0.1) is 5.41 Å². The Kier molecular flexibility index (Phi) is 6.24. The van der Waals surface area contributed by atoms with Gasteiger partial charge in [0.05, 0.1) is 5.41 Å². The molecule has 1 fully saturated rings. The van der Waals surface area contributed by atoms with Gasteiger partial charge < -0.3 is 10.2 Å². The highest BCUT2D eigenvalue weighted by Gasteiger charge is 2.51. The Morgan fingerprint density at radius 3 is 2.69 bits per heavy atom. The summed E-state index contributed by atoms with van der Waals surface area (Å²) in [6.45, 7) is 6.64. The third kappa shape index (κ3) is 4.51. The lowest BCUT2D eigenvalue weighted by molar-refractivity contribution is -0.141. The molecule has 2 amide bonds. The largest absolute Gasteiger partial charge is 0.336 e. The fourth-order valence-electron chi connectivity index (χ4n) is 5.93. The van der Waals surface area contributed by atoms with Crippen molar-refractivity contribution in [2.24, 2.45) is 5.41 Å². The van der Waals surface area contributed by atoms with Crippen molar-refractivity contribution in [3.63, 3.8) is 0 Å². The van der Waals surface area contributed by atoms with Crippen molar-refractivity contribution in [1.82, 2.24) is 14.9 Å². The molecule has 184 valence electrons. The average molecular weight is 473 g/mol. The molecule has 3 aliphatic rings. The van der Waals surface area contributed by atoms with Crippen LogP contribution in [0.4, 0.5) is 5.82 Å². The molecule has 1 N–H and O–H groups in total. The molecule has 6 heteroatoms. The van der Waals surface area contributed by atoms with E-state index in [1.165, 1.54) is 25.7 Å². The Morgan fingerprint density at radius 2 is 1.94 bits per heavy atom. The van der Waals surface area contributed by atoms with Crippen molar-refractivity contribution < 1.29 is 9.59 Å². The van der Waals surface area contributed by atoms with E-state index >= 15 is 0 Å². The molecule has 2 aliphatic carbocycles. The molecular formula is C29H36N4O2. The molecule has 0 aromatic carbocycles. The molecule has 3 heterocycles. The third-order valence-electron chi connectivity index (χ3n) is 7.81. The quantitative estimate of drug-likeness (QED) is 0.630. The molecule has 0 saturated heterocycles. The minimum atomic E-state index is -0.601. The zero-order chi connectivity index (χ0) is 24.6. The fourth-order valence-corrected chi connectivity index (χ4v) is 5.93. The van der Waals surface area contributed by atoms with Gasteiger partial charge in [0.15, 0.2) is 0 Å². The number of hydrogen-bond donors (Lipinski definition) is 1. The Morgan fingerprint density at radius 1 is 1.17 bits per heavy atom. The molecule has 0 bridgehead atoms. The summed E-state index contributed by atoms with van der Waals surface area (Å²) in [6, 6.07) is 6.36. The molecule has 0 unspecified atom stereocenters. The summed E-state index contributed by atoms with van der Waals surface area (Å²) in [5.41, 5.74) is 3.09. The lowest BCUT2D eigenvalue weighted by Crippen LogP contribution is -2.45. The summed E-state index contributed by atoms with van der Waals surface area (Å²) in [6.07, 6.45) is 16.1. The SMILES string of the molecule is CC(C)(C)C(=O)N(C/C=C/c1cnc2c(c1)C[C@@]1(C2)C(=O)Nc2ncccc21)C1CCCCCC1. The van der Waals surface area contributed by atoms with Gasteiger partial charge in [-0.25, -0.2) is 4.98 Å².